The van der Waals surface area contributed by atoms with Gasteiger partial charge in [-0.2, -0.15) is 0 Å². The van der Waals surface area contributed by atoms with Gasteiger partial charge in [0.2, 0.25) is 0 Å². The van der Waals surface area contributed by atoms with E-state index in [2.05, 4.69) is 11.9 Å². The predicted octanol–water partition coefficient (Wildman–Crippen LogP) is 4.98. The molecule has 0 atom stereocenters. The lowest BCUT2D eigenvalue weighted by atomic mass is 10.2. The Labute approximate surface area is 156 Å². The molecule has 0 unspecified atom stereocenters. The number of nitrogens with zero attached hydrogens (tertiary/aromatic N) is 3. The van der Waals surface area contributed by atoms with Crippen LogP contribution in [0.5, 0.6) is 0 Å². The first-order chi connectivity index (χ1) is 12.2. The van der Waals surface area contributed by atoms with Crippen LogP contribution in [0, 0.1) is 5.92 Å². The second-order valence-corrected chi connectivity index (χ2v) is 7.88. The summed E-state index contributed by atoms with van der Waals surface area (Å²) in [4.78, 5) is 20.5. The standard InChI is InChI=1S/C19H20ClN3OS/c1-2-8-22(10-13-6-7-13)18(24)17-12-25-19-21-16(11-23(17)19)14-4-3-5-15(20)9-14/h3-5,9,11-13H,2,6-8,10H2,1H3. The van der Waals surface area contributed by atoms with Crippen molar-refractivity contribution in [1.82, 2.24) is 14.3 Å². The highest BCUT2D eigenvalue weighted by Crippen LogP contribution is 2.31. The number of benzene rings is 1. The quantitative estimate of drug-likeness (QED) is 0.611. The summed E-state index contributed by atoms with van der Waals surface area (Å²) in [6.45, 7) is 3.80. The summed E-state index contributed by atoms with van der Waals surface area (Å²) in [5.41, 5.74) is 2.51. The molecule has 0 saturated heterocycles. The molecule has 0 radical (unpaired) electrons. The second-order valence-electron chi connectivity index (χ2n) is 6.60. The van der Waals surface area contributed by atoms with Crippen LogP contribution < -0.4 is 0 Å². The van der Waals surface area contributed by atoms with Crippen molar-refractivity contribution < 1.29 is 4.79 Å². The molecule has 4 nitrogen and oxygen atoms in total. The van der Waals surface area contributed by atoms with Gasteiger partial charge in [-0.15, -0.1) is 11.3 Å². The summed E-state index contributed by atoms with van der Waals surface area (Å²) in [6, 6.07) is 7.64. The number of amides is 1. The van der Waals surface area contributed by atoms with Crippen LogP contribution in [-0.4, -0.2) is 33.3 Å². The highest BCUT2D eigenvalue weighted by molar-refractivity contribution is 7.15. The summed E-state index contributed by atoms with van der Waals surface area (Å²) in [5.74, 6) is 0.796. The molecule has 0 N–H and O–H groups in total. The number of aromatic nitrogens is 2. The van der Waals surface area contributed by atoms with Crippen molar-refractivity contribution in [3.05, 3.63) is 46.6 Å². The lowest BCUT2D eigenvalue weighted by Crippen LogP contribution is -2.34. The number of carbonyl (C=O) groups is 1. The maximum absolute atomic E-state index is 13.0. The van der Waals surface area contributed by atoms with Gasteiger partial charge in [-0.25, -0.2) is 4.98 Å². The lowest BCUT2D eigenvalue weighted by molar-refractivity contribution is 0.0741. The molecule has 0 bridgehead atoms. The molecule has 2 heterocycles. The molecule has 0 spiro atoms. The van der Waals surface area contributed by atoms with Crippen molar-refractivity contribution in [2.24, 2.45) is 5.92 Å². The smallest absolute Gasteiger partial charge is 0.271 e. The van der Waals surface area contributed by atoms with Crippen molar-refractivity contribution in [3.63, 3.8) is 0 Å². The minimum atomic E-state index is 0.107. The first-order valence-electron chi connectivity index (χ1n) is 8.67. The van der Waals surface area contributed by atoms with E-state index in [0.29, 0.717) is 16.6 Å². The van der Waals surface area contributed by atoms with E-state index in [9.17, 15) is 4.79 Å². The molecule has 1 saturated carbocycles. The molecule has 0 aliphatic heterocycles. The maximum atomic E-state index is 13.0. The highest BCUT2D eigenvalue weighted by Gasteiger charge is 2.28. The van der Waals surface area contributed by atoms with Crippen LogP contribution in [0.3, 0.4) is 0 Å². The van der Waals surface area contributed by atoms with Gasteiger partial charge in [-0.1, -0.05) is 30.7 Å². The summed E-state index contributed by atoms with van der Waals surface area (Å²) >= 11 is 7.59. The van der Waals surface area contributed by atoms with E-state index in [1.807, 2.05) is 45.1 Å². The predicted molar refractivity (Wildman–Crippen MR) is 102 cm³/mol. The van der Waals surface area contributed by atoms with Crippen molar-refractivity contribution in [2.45, 2.75) is 26.2 Å². The van der Waals surface area contributed by atoms with E-state index in [1.165, 1.54) is 24.2 Å². The van der Waals surface area contributed by atoms with Crippen LogP contribution in [-0.2, 0) is 0 Å². The first-order valence-corrected chi connectivity index (χ1v) is 9.93. The van der Waals surface area contributed by atoms with Gasteiger partial charge in [0.05, 0.1) is 5.69 Å². The van der Waals surface area contributed by atoms with E-state index in [-0.39, 0.29) is 5.91 Å². The Balaban J connectivity index is 1.66. The van der Waals surface area contributed by atoms with Crippen LogP contribution in [0.25, 0.3) is 16.2 Å². The lowest BCUT2D eigenvalue weighted by Gasteiger charge is -2.21. The Morgan fingerprint density at radius 1 is 1.44 bits per heavy atom. The van der Waals surface area contributed by atoms with Crippen molar-refractivity contribution in [1.29, 1.82) is 0 Å². The Morgan fingerprint density at radius 3 is 3.00 bits per heavy atom. The molecule has 6 heteroatoms. The Kier molecular flexibility index (Phi) is 4.52. The third-order valence-electron chi connectivity index (χ3n) is 4.50. The molecule has 130 valence electrons. The molecule has 4 rings (SSSR count). The van der Waals surface area contributed by atoms with Crippen molar-refractivity contribution in [2.75, 3.05) is 13.1 Å². The third kappa shape index (κ3) is 3.44. The number of hydrogen-bond acceptors (Lipinski definition) is 3. The zero-order valence-electron chi connectivity index (χ0n) is 14.1. The van der Waals surface area contributed by atoms with E-state index >= 15 is 0 Å². The zero-order chi connectivity index (χ0) is 17.4. The number of halogens is 1. The Bertz CT molecular complexity index is 912. The number of rotatable bonds is 6. The largest absolute Gasteiger partial charge is 0.337 e. The minimum Gasteiger partial charge on any atom is -0.337 e. The van der Waals surface area contributed by atoms with Gasteiger partial charge in [0, 0.05) is 35.3 Å². The maximum Gasteiger partial charge on any atom is 0.271 e. The fourth-order valence-electron chi connectivity index (χ4n) is 3.04. The first kappa shape index (κ1) is 16.6. The van der Waals surface area contributed by atoms with Crippen molar-refractivity contribution >= 4 is 33.8 Å². The van der Waals surface area contributed by atoms with E-state index in [0.717, 1.165) is 35.7 Å². The molecular formula is C19H20ClN3OS. The topological polar surface area (TPSA) is 37.6 Å². The van der Waals surface area contributed by atoms with E-state index in [4.69, 9.17) is 11.6 Å². The molecule has 3 aromatic rings. The molecule has 1 amide bonds. The third-order valence-corrected chi connectivity index (χ3v) is 5.58. The fraction of sp³-hybridized carbons (Fsp3) is 0.368. The van der Waals surface area contributed by atoms with E-state index < -0.39 is 0 Å². The number of thiazole rings is 1. The normalized spacial score (nSPS) is 14.2. The number of carbonyl (C=O) groups excluding carboxylic acids is 1. The number of hydrogen-bond donors (Lipinski definition) is 0. The fourth-order valence-corrected chi connectivity index (χ4v) is 4.08. The van der Waals surface area contributed by atoms with Crippen molar-refractivity contribution in [3.8, 4) is 11.3 Å². The SMILES string of the molecule is CCCN(CC1CC1)C(=O)c1csc2nc(-c3cccc(Cl)c3)cn12. The molecule has 1 aliphatic rings. The van der Waals surface area contributed by atoms with Crippen LogP contribution in [0.15, 0.2) is 35.8 Å². The number of imidazole rings is 1. The van der Waals surface area contributed by atoms with Gasteiger partial charge in [0.15, 0.2) is 4.96 Å². The van der Waals surface area contributed by atoms with Crippen LogP contribution in [0.2, 0.25) is 5.02 Å². The van der Waals surface area contributed by atoms with Crippen LogP contribution in [0.4, 0.5) is 0 Å². The van der Waals surface area contributed by atoms with E-state index in [1.54, 1.807) is 0 Å². The molecular weight excluding hydrogens is 354 g/mol. The van der Waals surface area contributed by atoms with Crippen LogP contribution in [0.1, 0.15) is 36.7 Å². The number of fused-ring (bicyclic) bond motifs is 1. The Morgan fingerprint density at radius 2 is 2.28 bits per heavy atom. The summed E-state index contributed by atoms with van der Waals surface area (Å²) in [5, 5.41) is 2.60. The average Bonchev–Trinajstić information content (AvgIpc) is 3.17. The highest BCUT2D eigenvalue weighted by atomic mass is 35.5. The molecule has 25 heavy (non-hydrogen) atoms. The van der Waals surface area contributed by atoms with Gasteiger partial charge < -0.3 is 4.90 Å². The summed E-state index contributed by atoms with van der Waals surface area (Å²) in [6.07, 6.45) is 5.41. The van der Waals surface area contributed by atoms with Crippen LogP contribution >= 0.6 is 22.9 Å². The monoisotopic (exact) mass is 373 g/mol. The molecule has 1 fully saturated rings. The molecule has 2 aromatic heterocycles. The molecule has 1 aliphatic carbocycles. The van der Waals surface area contributed by atoms with Gasteiger partial charge in [0.1, 0.15) is 5.69 Å². The minimum absolute atomic E-state index is 0.107. The molecule has 1 aromatic carbocycles. The van der Waals surface area contributed by atoms with Gasteiger partial charge in [-0.3, -0.25) is 9.20 Å². The zero-order valence-corrected chi connectivity index (χ0v) is 15.7. The summed E-state index contributed by atoms with van der Waals surface area (Å²) in [7, 11) is 0. The van der Waals surface area contributed by atoms with Gasteiger partial charge in [-0.05, 0) is 37.3 Å². The Hall–Kier alpha value is -1.85. The van der Waals surface area contributed by atoms with Gasteiger partial charge in [0.25, 0.3) is 5.91 Å². The summed E-state index contributed by atoms with van der Waals surface area (Å²) < 4.78 is 1.92. The second kappa shape index (κ2) is 6.81. The average molecular weight is 374 g/mol. The van der Waals surface area contributed by atoms with Gasteiger partial charge >= 0.3 is 0 Å².